The number of nitrogens with one attached hydrogen (secondary N) is 3. The molecule has 1 amide bonds. The van der Waals surface area contributed by atoms with E-state index in [4.69, 9.17) is 17.0 Å². The Morgan fingerprint density at radius 2 is 1.79 bits per heavy atom. The lowest BCUT2D eigenvalue weighted by molar-refractivity contribution is -0.895. The zero-order valence-electron chi connectivity index (χ0n) is 17.0. The summed E-state index contributed by atoms with van der Waals surface area (Å²) in [5.74, 6) is 0.881. The Morgan fingerprint density at radius 1 is 1.10 bits per heavy atom. The average Bonchev–Trinajstić information content (AvgIpc) is 2.75. The summed E-state index contributed by atoms with van der Waals surface area (Å²) in [4.78, 5) is 15.9. The highest BCUT2D eigenvalue weighted by Crippen LogP contribution is 2.16. The third-order valence-corrected chi connectivity index (χ3v) is 5.54. The van der Waals surface area contributed by atoms with E-state index in [0.29, 0.717) is 6.54 Å². The molecule has 3 rings (SSSR count). The number of ether oxygens (including phenoxy) is 1. The summed E-state index contributed by atoms with van der Waals surface area (Å²) in [5, 5.41) is 7.06. The van der Waals surface area contributed by atoms with Crippen LogP contribution in [0.1, 0.15) is 12.5 Å². The van der Waals surface area contributed by atoms with Gasteiger partial charge in [0.1, 0.15) is 5.75 Å². The summed E-state index contributed by atoms with van der Waals surface area (Å²) in [6, 6.07) is 15.7. The van der Waals surface area contributed by atoms with Gasteiger partial charge in [-0.3, -0.25) is 4.79 Å². The molecule has 1 fully saturated rings. The molecule has 1 aliphatic heterocycles. The fourth-order valence-corrected chi connectivity index (χ4v) is 3.75. The Kier molecular flexibility index (Phi) is 7.43. The molecule has 6 nitrogen and oxygen atoms in total. The summed E-state index contributed by atoms with van der Waals surface area (Å²) >= 11 is 5.55. The number of nitrogens with zero attached hydrogens (tertiary/aromatic N) is 1. The number of aryl methyl sites for hydroxylation is 1. The molecule has 29 heavy (non-hydrogen) atoms. The van der Waals surface area contributed by atoms with Crippen molar-refractivity contribution < 1.29 is 14.4 Å². The molecule has 1 aliphatic rings. The van der Waals surface area contributed by atoms with Gasteiger partial charge in [0, 0.05) is 11.4 Å². The minimum atomic E-state index is 0.0632. The zero-order valence-corrected chi connectivity index (χ0v) is 17.8. The third kappa shape index (κ3) is 5.92. The van der Waals surface area contributed by atoms with Gasteiger partial charge < -0.3 is 25.2 Å². The summed E-state index contributed by atoms with van der Waals surface area (Å²) in [5.41, 5.74) is 3.03. The van der Waals surface area contributed by atoms with Gasteiger partial charge in [0.25, 0.3) is 5.91 Å². The first kappa shape index (κ1) is 21.1. The first-order valence-electron chi connectivity index (χ1n) is 10.0. The van der Waals surface area contributed by atoms with Gasteiger partial charge in [-0.15, -0.1) is 0 Å². The molecule has 2 aromatic carbocycles. The molecule has 2 aromatic rings. The summed E-state index contributed by atoms with van der Waals surface area (Å²) < 4.78 is 5.18. The molecule has 0 radical (unpaired) electrons. The molecule has 0 atom stereocenters. The van der Waals surface area contributed by atoms with Crippen molar-refractivity contribution in [2.24, 2.45) is 0 Å². The van der Waals surface area contributed by atoms with Gasteiger partial charge in [0.05, 0.1) is 33.3 Å². The zero-order chi connectivity index (χ0) is 20.6. The number of para-hydroxylation sites is 1. The second-order valence-electron chi connectivity index (χ2n) is 7.13. The van der Waals surface area contributed by atoms with Crippen LogP contribution in [0.15, 0.2) is 48.5 Å². The van der Waals surface area contributed by atoms with Gasteiger partial charge in [-0.25, -0.2) is 0 Å². The first-order chi connectivity index (χ1) is 14.1. The van der Waals surface area contributed by atoms with E-state index >= 15 is 0 Å². The van der Waals surface area contributed by atoms with E-state index in [2.05, 4.69) is 28.5 Å². The number of methoxy groups -OCH3 is 1. The largest absolute Gasteiger partial charge is 0.497 e. The van der Waals surface area contributed by atoms with Crippen molar-refractivity contribution in [3.63, 3.8) is 0 Å². The molecule has 3 N–H and O–H groups in total. The van der Waals surface area contributed by atoms with Crippen LogP contribution < -0.4 is 20.3 Å². The van der Waals surface area contributed by atoms with Crippen LogP contribution >= 0.6 is 12.2 Å². The van der Waals surface area contributed by atoms with Crippen molar-refractivity contribution in [2.45, 2.75) is 13.3 Å². The summed E-state index contributed by atoms with van der Waals surface area (Å²) in [6.45, 7) is 6.00. The number of hydrogen-bond acceptors (Lipinski definition) is 3. The maximum Gasteiger partial charge on any atom is 0.279 e. The van der Waals surface area contributed by atoms with Crippen LogP contribution in [0.2, 0.25) is 0 Å². The highest BCUT2D eigenvalue weighted by Gasteiger charge is 2.24. The number of anilines is 2. The quantitative estimate of drug-likeness (QED) is 0.631. The standard InChI is InChI=1S/C22H28N4O2S/c1-3-17-6-4-5-7-20(17)24-21(27)16-25-12-14-26(15-13-25)22(29)23-18-8-10-19(28-2)11-9-18/h4-11H,3,12-16H2,1-2H3,(H,23,29)(H,24,27)/p+1. The van der Waals surface area contributed by atoms with Gasteiger partial charge in [-0.2, -0.15) is 0 Å². The van der Waals surface area contributed by atoms with Gasteiger partial charge >= 0.3 is 0 Å². The number of benzene rings is 2. The Bertz CT molecular complexity index is 833. The Morgan fingerprint density at radius 3 is 2.45 bits per heavy atom. The van der Waals surface area contributed by atoms with Gasteiger partial charge in [-0.05, 0) is 54.5 Å². The van der Waals surface area contributed by atoms with E-state index in [1.165, 1.54) is 4.90 Å². The molecule has 1 heterocycles. The van der Waals surface area contributed by atoms with E-state index < -0.39 is 0 Å². The lowest BCUT2D eigenvalue weighted by Crippen LogP contribution is -3.15. The van der Waals surface area contributed by atoms with Crippen LogP contribution in [0.3, 0.4) is 0 Å². The van der Waals surface area contributed by atoms with Crippen LogP contribution in [-0.2, 0) is 11.2 Å². The van der Waals surface area contributed by atoms with Gasteiger partial charge in [0.2, 0.25) is 0 Å². The van der Waals surface area contributed by atoms with Crippen molar-refractivity contribution in [3.05, 3.63) is 54.1 Å². The number of quaternary nitrogens is 1. The number of piperazine rings is 1. The monoisotopic (exact) mass is 413 g/mol. The predicted octanol–water partition coefficient (Wildman–Crippen LogP) is 1.79. The Labute approximate surface area is 177 Å². The second-order valence-corrected chi connectivity index (χ2v) is 7.52. The number of amides is 1. The second kappa shape index (κ2) is 10.2. The smallest absolute Gasteiger partial charge is 0.279 e. The van der Waals surface area contributed by atoms with Crippen molar-refractivity contribution in [1.82, 2.24) is 4.90 Å². The van der Waals surface area contributed by atoms with Crippen molar-refractivity contribution in [2.75, 3.05) is 50.5 Å². The summed E-state index contributed by atoms with van der Waals surface area (Å²) in [7, 11) is 1.65. The average molecular weight is 414 g/mol. The van der Waals surface area contributed by atoms with Crippen LogP contribution in [0.4, 0.5) is 11.4 Å². The maximum absolute atomic E-state index is 12.5. The van der Waals surface area contributed by atoms with Crippen molar-refractivity contribution in [1.29, 1.82) is 0 Å². The Hall–Kier alpha value is -2.64. The fourth-order valence-electron chi connectivity index (χ4n) is 3.45. The minimum Gasteiger partial charge on any atom is -0.497 e. The van der Waals surface area contributed by atoms with E-state index in [1.54, 1.807) is 7.11 Å². The first-order valence-corrected chi connectivity index (χ1v) is 10.4. The molecule has 0 spiro atoms. The van der Waals surface area contributed by atoms with Gasteiger partial charge in [0.15, 0.2) is 11.7 Å². The molecule has 154 valence electrons. The number of hydrogen-bond donors (Lipinski definition) is 3. The van der Waals surface area contributed by atoms with Gasteiger partial charge in [-0.1, -0.05) is 25.1 Å². The van der Waals surface area contributed by atoms with Crippen LogP contribution in [0.25, 0.3) is 0 Å². The highest BCUT2D eigenvalue weighted by molar-refractivity contribution is 7.80. The molecule has 1 saturated heterocycles. The SMILES string of the molecule is CCc1ccccc1NC(=O)C[NH+]1CCN(C(=S)Nc2ccc(OC)cc2)CC1. The predicted molar refractivity (Wildman–Crippen MR) is 121 cm³/mol. The van der Waals surface area contributed by atoms with Crippen molar-refractivity contribution >= 4 is 34.6 Å². The lowest BCUT2D eigenvalue weighted by Gasteiger charge is -2.33. The van der Waals surface area contributed by atoms with E-state index in [1.807, 2.05) is 42.5 Å². The van der Waals surface area contributed by atoms with Crippen molar-refractivity contribution in [3.8, 4) is 5.75 Å². The van der Waals surface area contributed by atoms with Crippen LogP contribution in [0.5, 0.6) is 5.75 Å². The fraction of sp³-hybridized carbons (Fsp3) is 0.364. The normalized spacial score (nSPS) is 14.3. The number of carbonyl (C=O) groups is 1. The third-order valence-electron chi connectivity index (χ3n) is 5.18. The summed E-state index contributed by atoms with van der Waals surface area (Å²) in [6.07, 6.45) is 0.903. The van der Waals surface area contributed by atoms with E-state index in [0.717, 1.165) is 60.4 Å². The van der Waals surface area contributed by atoms with Crippen LogP contribution in [-0.4, -0.2) is 55.8 Å². The van der Waals surface area contributed by atoms with E-state index in [9.17, 15) is 4.79 Å². The molecule has 0 aliphatic carbocycles. The number of rotatable bonds is 6. The molecule has 0 saturated carbocycles. The molecule has 0 aromatic heterocycles. The minimum absolute atomic E-state index is 0.0632. The van der Waals surface area contributed by atoms with E-state index in [-0.39, 0.29) is 5.91 Å². The molecule has 0 unspecified atom stereocenters. The molecular formula is C22H29N4O2S+. The highest BCUT2D eigenvalue weighted by atomic mass is 32.1. The number of thiocarbonyl (C=S) groups is 1. The maximum atomic E-state index is 12.5. The molecular weight excluding hydrogens is 384 g/mol. The topological polar surface area (TPSA) is 58.0 Å². The Balaban J connectivity index is 1.44. The molecule has 7 heteroatoms. The molecule has 0 bridgehead atoms. The lowest BCUT2D eigenvalue weighted by atomic mass is 10.1. The number of carbonyl (C=O) groups excluding carboxylic acids is 1. The van der Waals surface area contributed by atoms with Crippen LogP contribution in [0, 0.1) is 0 Å².